The molecule has 5 nitrogen and oxygen atoms in total. The van der Waals surface area contributed by atoms with Crippen molar-refractivity contribution >= 4 is 11.0 Å². The van der Waals surface area contributed by atoms with Crippen molar-refractivity contribution in [2.45, 2.75) is 13.5 Å². The third-order valence-corrected chi connectivity index (χ3v) is 2.84. The number of aliphatic hydroxyl groups is 1. The molecule has 1 aromatic carbocycles. The van der Waals surface area contributed by atoms with E-state index in [0.29, 0.717) is 33.6 Å². The molecule has 1 heterocycles. The van der Waals surface area contributed by atoms with Crippen LogP contribution in [0.5, 0.6) is 11.5 Å². The molecule has 1 aromatic heterocycles. The average molecular weight is 250 g/mol. The van der Waals surface area contributed by atoms with Gasteiger partial charge in [0.15, 0.2) is 0 Å². The Bertz CT molecular complexity index is 642. The van der Waals surface area contributed by atoms with Gasteiger partial charge >= 0.3 is 5.63 Å². The van der Waals surface area contributed by atoms with Crippen molar-refractivity contribution in [1.82, 2.24) is 0 Å². The lowest BCUT2D eigenvalue weighted by Gasteiger charge is -2.12. The van der Waals surface area contributed by atoms with Crippen molar-refractivity contribution in [3.63, 3.8) is 0 Å². The van der Waals surface area contributed by atoms with E-state index in [2.05, 4.69) is 0 Å². The number of hydrogen-bond donors (Lipinski definition) is 1. The molecular weight excluding hydrogens is 236 g/mol. The Labute approximate surface area is 104 Å². The highest BCUT2D eigenvalue weighted by Gasteiger charge is 2.16. The van der Waals surface area contributed by atoms with E-state index in [9.17, 15) is 9.90 Å². The molecule has 2 aromatic rings. The van der Waals surface area contributed by atoms with Crippen molar-refractivity contribution in [1.29, 1.82) is 0 Å². The highest BCUT2D eigenvalue weighted by atomic mass is 16.5. The van der Waals surface area contributed by atoms with Crippen molar-refractivity contribution in [2.75, 3.05) is 14.2 Å². The molecule has 5 heteroatoms. The first-order valence-corrected chi connectivity index (χ1v) is 5.41. The lowest BCUT2D eigenvalue weighted by atomic mass is 10.1. The molecule has 0 atom stereocenters. The Morgan fingerprint density at radius 1 is 1.28 bits per heavy atom. The predicted molar refractivity (Wildman–Crippen MR) is 66.2 cm³/mol. The summed E-state index contributed by atoms with van der Waals surface area (Å²) in [6.45, 7) is 1.42. The van der Waals surface area contributed by atoms with Gasteiger partial charge in [-0.15, -0.1) is 0 Å². The number of benzene rings is 1. The Balaban J connectivity index is 2.95. The van der Waals surface area contributed by atoms with Gasteiger partial charge in [0, 0.05) is 6.07 Å². The van der Waals surface area contributed by atoms with Crippen LogP contribution in [-0.4, -0.2) is 19.3 Å². The molecule has 0 saturated carbocycles. The maximum Gasteiger partial charge on any atom is 0.342 e. The van der Waals surface area contributed by atoms with Gasteiger partial charge < -0.3 is 19.0 Å². The standard InChI is InChI=1S/C13H14O5/c1-7-12(17-3)11-8(6-14)4-9(16-2)5-10(11)18-13(7)15/h4-5,14H,6H2,1-3H3. The minimum atomic E-state index is -0.462. The first-order chi connectivity index (χ1) is 8.62. The minimum absolute atomic E-state index is 0.197. The topological polar surface area (TPSA) is 68.9 Å². The largest absolute Gasteiger partial charge is 0.497 e. The zero-order valence-corrected chi connectivity index (χ0v) is 10.4. The minimum Gasteiger partial charge on any atom is -0.497 e. The predicted octanol–water partition coefficient (Wildman–Crippen LogP) is 1.61. The molecule has 0 bridgehead atoms. The van der Waals surface area contributed by atoms with Gasteiger partial charge in [-0.3, -0.25) is 0 Å². The molecule has 0 radical (unpaired) electrons. The summed E-state index contributed by atoms with van der Waals surface area (Å²) in [5, 5.41) is 10.0. The third kappa shape index (κ3) is 1.82. The van der Waals surface area contributed by atoms with Crippen molar-refractivity contribution in [3.8, 4) is 11.5 Å². The van der Waals surface area contributed by atoms with E-state index >= 15 is 0 Å². The lowest BCUT2D eigenvalue weighted by molar-refractivity contribution is 0.282. The molecule has 0 unspecified atom stereocenters. The zero-order chi connectivity index (χ0) is 13.3. The second kappa shape index (κ2) is 4.70. The molecule has 0 amide bonds. The number of rotatable bonds is 3. The maximum absolute atomic E-state index is 11.7. The van der Waals surface area contributed by atoms with Gasteiger partial charge in [0.2, 0.25) is 0 Å². The first kappa shape index (κ1) is 12.4. The second-order valence-corrected chi connectivity index (χ2v) is 3.87. The quantitative estimate of drug-likeness (QED) is 0.838. The SMILES string of the molecule is COc1cc(CO)c2c(OC)c(C)c(=O)oc2c1. The maximum atomic E-state index is 11.7. The fourth-order valence-corrected chi connectivity index (χ4v) is 1.94. The highest BCUT2D eigenvalue weighted by Crippen LogP contribution is 2.33. The van der Waals surface area contributed by atoms with E-state index in [-0.39, 0.29) is 6.61 Å². The Morgan fingerprint density at radius 3 is 2.56 bits per heavy atom. The van der Waals surface area contributed by atoms with Crippen LogP contribution in [0, 0.1) is 6.92 Å². The molecule has 18 heavy (non-hydrogen) atoms. The summed E-state index contributed by atoms with van der Waals surface area (Å²) in [7, 11) is 2.98. The molecule has 96 valence electrons. The van der Waals surface area contributed by atoms with E-state index in [1.165, 1.54) is 14.2 Å². The van der Waals surface area contributed by atoms with Crippen molar-refractivity contribution < 1.29 is 19.0 Å². The van der Waals surface area contributed by atoms with Crippen LogP contribution in [-0.2, 0) is 6.61 Å². The van der Waals surface area contributed by atoms with Gasteiger partial charge in [-0.1, -0.05) is 0 Å². The van der Waals surface area contributed by atoms with E-state index in [1.807, 2.05) is 0 Å². The zero-order valence-electron chi connectivity index (χ0n) is 10.4. The van der Waals surface area contributed by atoms with Crippen LogP contribution < -0.4 is 15.1 Å². The van der Waals surface area contributed by atoms with E-state index in [1.54, 1.807) is 19.1 Å². The number of methoxy groups -OCH3 is 2. The normalized spacial score (nSPS) is 10.7. The van der Waals surface area contributed by atoms with Crippen LogP contribution in [0.3, 0.4) is 0 Å². The summed E-state index contributed by atoms with van der Waals surface area (Å²) in [6, 6.07) is 3.28. The lowest BCUT2D eigenvalue weighted by Crippen LogP contribution is -2.07. The van der Waals surface area contributed by atoms with Crippen LogP contribution in [0.4, 0.5) is 0 Å². The average Bonchev–Trinajstić information content (AvgIpc) is 2.39. The van der Waals surface area contributed by atoms with Crippen LogP contribution in [0.15, 0.2) is 21.3 Å². The van der Waals surface area contributed by atoms with Gasteiger partial charge in [-0.2, -0.15) is 0 Å². The summed E-state index contributed by atoms with van der Waals surface area (Å²) in [4.78, 5) is 11.7. The molecule has 0 fully saturated rings. The molecule has 0 aliphatic carbocycles. The smallest absolute Gasteiger partial charge is 0.342 e. The van der Waals surface area contributed by atoms with Gasteiger partial charge in [-0.05, 0) is 18.6 Å². The van der Waals surface area contributed by atoms with Crippen LogP contribution in [0.2, 0.25) is 0 Å². The van der Waals surface area contributed by atoms with Crippen molar-refractivity contribution in [2.24, 2.45) is 0 Å². The molecule has 1 N–H and O–H groups in total. The van der Waals surface area contributed by atoms with Crippen LogP contribution in [0.1, 0.15) is 11.1 Å². The fourth-order valence-electron chi connectivity index (χ4n) is 1.94. The van der Waals surface area contributed by atoms with Crippen LogP contribution >= 0.6 is 0 Å². The Morgan fingerprint density at radius 2 is 2.00 bits per heavy atom. The van der Waals surface area contributed by atoms with E-state index < -0.39 is 5.63 Å². The number of ether oxygens (including phenoxy) is 2. The monoisotopic (exact) mass is 250 g/mol. The summed E-state index contributed by atoms with van der Waals surface area (Å²) in [5.74, 6) is 0.938. The van der Waals surface area contributed by atoms with Gasteiger partial charge in [0.05, 0.1) is 31.8 Å². The summed E-state index contributed by atoms with van der Waals surface area (Å²) < 4.78 is 15.5. The Kier molecular flexibility index (Phi) is 3.25. The second-order valence-electron chi connectivity index (χ2n) is 3.87. The summed E-state index contributed by atoms with van der Waals surface area (Å²) in [6.07, 6.45) is 0. The number of fused-ring (bicyclic) bond motifs is 1. The number of hydrogen-bond acceptors (Lipinski definition) is 5. The van der Waals surface area contributed by atoms with E-state index in [0.717, 1.165) is 0 Å². The molecule has 2 rings (SSSR count). The summed E-state index contributed by atoms with van der Waals surface area (Å²) >= 11 is 0. The highest BCUT2D eigenvalue weighted by molar-refractivity contribution is 5.89. The molecule has 0 saturated heterocycles. The Hall–Kier alpha value is -2.01. The molecule has 0 aliphatic heterocycles. The van der Waals surface area contributed by atoms with Crippen LogP contribution in [0.25, 0.3) is 11.0 Å². The van der Waals surface area contributed by atoms with Crippen molar-refractivity contribution in [3.05, 3.63) is 33.7 Å². The number of aliphatic hydroxyl groups excluding tert-OH is 1. The van der Waals surface area contributed by atoms with Gasteiger partial charge in [-0.25, -0.2) is 4.79 Å². The molecular formula is C13H14O5. The first-order valence-electron chi connectivity index (χ1n) is 5.41. The van der Waals surface area contributed by atoms with Gasteiger partial charge in [0.1, 0.15) is 17.1 Å². The summed E-state index contributed by atoms with van der Waals surface area (Å²) in [5.41, 5.74) is 0.847. The van der Waals surface area contributed by atoms with E-state index in [4.69, 9.17) is 13.9 Å². The fraction of sp³-hybridized carbons (Fsp3) is 0.308. The van der Waals surface area contributed by atoms with Gasteiger partial charge in [0.25, 0.3) is 0 Å². The molecule has 0 spiro atoms. The third-order valence-electron chi connectivity index (χ3n) is 2.84. The molecule has 0 aliphatic rings.